The van der Waals surface area contributed by atoms with Crippen molar-refractivity contribution in [1.29, 1.82) is 0 Å². The molecule has 2 heterocycles. The molecule has 1 aliphatic heterocycles. The van der Waals surface area contributed by atoms with Crippen LogP contribution in [0, 0.1) is 5.82 Å². The number of hydrogen-bond donors (Lipinski definition) is 3. The number of aliphatic hydroxyl groups is 1. The fourth-order valence-corrected chi connectivity index (χ4v) is 3.82. The van der Waals surface area contributed by atoms with Gasteiger partial charge in [-0.3, -0.25) is 9.89 Å². The van der Waals surface area contributed by atoms with Gasteiger partial charge >= 0.3 is 0 Å². The molecule has 1 aromatic carbocycles. The molecule has 3 rings (SSSR count). The number of nitrogens with zero attached hydrogens (tertiary/aromatic N) is 1. The van der Waals surface area contributed by atoms with Crippen LogP contribution in [-0.4, -0.2) is 44.9 Å². The van der Waals surface area contributed by atoms with Crippen molar-refractivity contribution in [2.45, 2.75) is 18.4 Å². The van der Waals surface area contributed by atoms with E-state index in [1.165, 1.54) is 18.3 Å². The van der Waals surface area contributed by atoms with Crippen molar-refractivity contribution >= 4 is 17.7 Å². The molecule has 1 aromatic heterocycles. The van der Waals surface area contributed by atoms with Gasteiger partial charge < -0.3 is 10.4 Å². The Morgan fingerprint density at radius 3 is 2.74 bits per heavy atom. The molecule has 1 fully saturated rings. The number of carbonyl (C=O) groups excluding carboxylic acids is 1. The molecule has 0 saturated carbocycles. The fraction of sp³-hybridized carbons (Fsp3) is 0.375. The van der Waals surface area contributed by atoms with E-state index in [-0.39, 0.29) is 18.3 Å². The topological polar surface area (TPSA) is 78.0 Å². The minimum atomic E-state index is -0.833. The van der Waals surface area contributed by atoms with Gasteiger partial charge in [-0.25, -0.2) is 4.39 Å². The summed E-state index contributed by atoms with van der Waals surface area (Å²) in [7, 11) is 0. The lowest BCUT2D eigenvalue weighted by Gasteiger charge is -2.31. The number of benzene rings is 1. The molecule has 0 radical (unpaired) electrons. The predicted octanol–water partition coefficient (Wildman–Crippen LogP) is 2.20. The molecule has 0 spiro atoms. The van der Waals surface area contributed by atoms with E-state index in [1.54, 1.807) is 12.1 Å². The molecule has 23 heavy (non-hydrogen) atoms. The second-order valence-corrected chi connectivity index (χ2v) is 6.91. The lowest BCUT2D eigenvalue weighted by Crippen LogP contribution is -2.45. The predicted molar refractivity (Wildman–Crippen MR) is 87.8 cm³/mol. The molecule has 2 aromatic rings. The Balaban J connectivity index is 1.71. The Labute approximate surface area is 137 Å². The van der Waals surface area contributed by atoms with Crippen LogP contribution in [0.5, 0.6) is 0 Å². The lowest BCUT2D eigenvalue weighted by atomic mass is 9.96. The van der Waals surface area contributed by atoms with Gasteiger partial charge in [0.25, 0.3) is 5.91 Å². The minimum Gasteiger partial charge on any atom is -0.388 e. The van der Waals surface area contributed by atoms with Gasteiger partial charge in [-0.1, -0.05) is 0 Å². The van der Waals surface area contributed by atoms with Crippen LogP contribution in [0.1, 0.15) is 23.2 Å². The van der Waals surface area contributed by atoms with E-state index in [0.717, 1.165) is 11.5 Å². The number of H-pyrrole nitrogens is 1. The van der Waals surface area contributed by atoms with Gasteiger partial charge in [-0.15, -0.1) is 0 Å². The summed E-state index contributed by atoms with van der Waals surface area (Å²) in [6.45, 7) is 0.223. The van der Waals surface area contributed by atoms with Crippen LogP contribution in [0.2, 0.25) is 0 Å². The van der Waals surface area contributed by atoms with Crippen LogP contribution < -0.4 is 5.32 Å². The summed E-state index contributed by atoms with van der Waals surface area (Å²) in [5.74, 6) is 1.17. The lowest BCUT2D eigenvalue weighted by molar-refractivity contribution is 0.0311. The molecule has 7 heteroatoms. The summed E-state index contributed by atoms with van der Waals surface area (Å²) >= 11 is 1.81. The van der Waals surface area contributed by atoms with Crippen molar-refractivity contribution < 1.29 is 14.3 Å². The average molecular weight is 335 g/mol. The summed E-state index contributed by atoms with van der Waals surface area (Å²) in [6.07, 6.45) is 2.79. The van der Waals surface area contributed by atoms with E-state index in [9.17, 15) is 14.3 Å². The van der Waals surface area contributed by atoms with E-state index in [0.29, 0.717) is 29.7 Å². The fourth-order valence-electron chi connectivity index (χ4n) is 2.56. The number of aromatic nitrogens is 2. The number of hydrogen-bond acceptors (Lipinski definition) is 4. The largest absolute Gasteiger partial charge is 0.388 e. The first-order chi connectivity index (χ1) is 11.1. The van der Waals surface area contributed by atoms with Crippen molar-refractivity contribution in [2.75, 3.05) is 18.1 Å². The SMILES string of the molecule is O=C(NCC1(O)CCSCC1)c1cn[nH]c1-c1ccc(F)cc1. The number of amides is 1. The van der Waals surface area contributed by atoms with E-state index in [2.05, 4.69) is 15.5 Å². The first-order valence-electron chi connectivity index (χ1n) is 7.45. The van der Waals surface area contributed by atoms with Crippen LogP contribution in [0.4, 0.5) is 4.39 Å². The Bertz CT molecular complexity index is 681. The van der Waals surface area contributed by atoms with Crippen molar-refractivity contribution in [3.8, 4) is 11.3 Å². The average Bonchev–Trinajstić information content (AvgIpc) is 3.04. The Hall–Kier alpha value is -1.86. The van der Waals surface area contributed by atoms with Gasteiger partial charge in [-0.05, 0) is 48.6 Å². The third-order valence-electron chi connectivity index (χ3n) is 4.02. The van der Waals surface area contributed by atoms with Crippen LogP contribution in [0.15, 0.2) is 30.5 Å². The van der Waals surface area contributed by atoms with Crippen LogP contribution in [0.3, 0.4) is 0 Å². The third-order valence-corrected chi connectivity index (χ3v) is 5.00. The number of aromatic amines is 1. The first kappa shape index (κ1) is 16.0. The zero-order valence-corrected chi connectivity index (χ0v) is 13.3. The first-order valence-corrected chi connectivity index (χ1v) is 8.60. The maximum atomic E-state index is 13.0. The number of carbonyl (C=O) groups is 1. The highest BCUT2D eigenvalue weighted by atomic mass is 32.2. The van der Waals surface area contributed by atoms with E-state index >= 15 is 0 Å². The molecule has 0 bridgehead atoms. The standard InChI is InChI=1S/C16H18FN3O2S/c17-12-3-1-11(2-4-12)14-13(9-19-20-14)15(21)18-10-16(22)5-7-23-8-6-16/h1-4,9,22H,5-8,10H2,(H,18,21)(H,19,20). The minimum absolute atomic E-state index is 0.223. The van der Waals surface area contributed by atoms with Crippen molar-refractivity contribution in [3.05, 3.63) is 41.8 Å². The molecular formula is C16H18FN3O2S. The highest BCUT2D eigenvalue weighted by molar-refractivity contribution is 7.99. The molecular weight excluding hydrogens is 317 g/mol. The second-order valence-electron chi connectivity index (χ2n) is 5.68. The molecule has 0 unspecified atom stereocenters. The highest BCUT2D eigenvalue weighted by Gasteiger charge is 2.30. The van der Waals surface area contributed by atoms with Crippen LogP contribution in [-0.2, 0) is 0 Å². The molecule has 3 N–H and O–H groups in total. The smallest absolute Gasteiger partial charge is 0.255 e. The van der Waals surface area contributed by atoms with E-state index < -0.39 is 5.60 Å². The monoisotopic (exact) mass is 335 g/mol. The Kier molecular flexibility index (Phi) is 4.68. The van der Waals surface area contributed by atoms with Crippen LogP contribution >= 0.6 is 11.8 Å². The molecule has 1 aliphatic rings. The van der Waals surface area contributed by atoms with Gasteiger partial charge in [0.2, 0.25) is 0 Å². The summed E-state index contributed by atoms with van der Waals surface area (Å²) < 4.78 is 13.0. The van der Waals surface area contributed by atoms with Gasteiger partial charge in [0.1, 0.15) is 5.82 Å². The molecule has 122 valence electrons. The summed E-state index contributed by atoms with van der Waals surface area (Å²) in [6, 6.07) is 5.84. The number of rotatable bonds is 4. The van der Waals surface area contributed by atoms with Gasteiger partial charge in [0.05, 0.1) is 23.1 Å². The van der Waals surface area contributed by atoms with Crippen molar-refractivity contribution in [2.24, 2.45) is 0 Å². The van der Waals surface area contributed by atoms with Crippen LogP contribution in [0.25, 0.3) is 11.3 Å². The normalized spacial score (nSPS) is 17.0. The van der Waals surface area contributed by atoms with Gasteiger partial charge in [0.15, 0.2) is 0 Å². The van der Waals surface area contributed by atoms with Crippen molar-refractivity contribution in [1.82, 2.24) is 15.5 Å². The zero-order valence-electron chi connectivity index (χ0n) is 12.5. The highest BCUT2D eigenvalue weighted by Crippen LogP contribution is 2.26. The molecule has 0 aliphatic carbocycles. The number of thioether (sulfide) groups is 1. The third kappa shape index (κ3) is 3.73. The van der Waals surface area contributed by atoms with E-state index in [4.69, 9.17) is 0 Å². The number of nitrogens with one attached hydrogen (secondary N) is 2. The molecule has 5 nitrogen and oxygen atoms in total. The maximum Gasteiger partial charge on any atom is 0.255 e. The second kappa shape index (κ2) is 6.72. The summed E-state index contributed by atoms with van der Waals surface area (Å²) in [4.78, 5) is 12.4. The van der Waals surface area contributed by atoms with Gasteiger partial charge in [0, 0.05) is 12.1 Å². The van der Waals surface area contributed by atoms with Gasteiger partial charge in [-0.2, -0.15) is 16.9 Å². The summed E-state index contributed by atoms with van der Waals surface area (Å²) in [5.41, 5.74) is 0.765. The molecule has 0 atom stereocenters. The summed E-state index contributed by atoms with van der Waals surface area (Å²) in [5, 5.41) is 19.9. The molecule has 1 amide bonds. The Morgan fingerprint density at radius 2 is 2.04 bits per heavy atom. The maximum absolute atomic E-state index is 13.0. The van der Waals surface area contributed by atoms with E-state index in [1.807, 2.05) is 11.8 Å². The van der Waals surface area contributed by atoms with Crippen molar-refractivity contribution in [3.63, 3.8) is 0 Å². The quantitative estimate of drug-likeness (QED) is 0.800. The number of halogens is 1. The Morgan fingerprint density at radius 1 is 1.35 bits per heavy atom. The molecule has 1 saturated heterocycles. The zero-order chi connectivity index (χ0) is 16.3.